The predicted octanol–water partition coefficient (Wildman–Crippen LogP) is 1.39. The van der Waals surface area contributed by atoms with Gasteiger partial charge in [-0.3, -0.25) is 4.79 Å². The fourth-order valence-electron chi connectivity index (χ4n) is 2.42. The van der Waals surface area contributed by atoms with E-state index >= 15 is 0 Å². The number of aromatic nitrogens is 1. The van der Waals surface area contributed by atoms with Crippen LogP contribution in [0.15, 0.2) is 5.38 Å². The van der Waals surface area contributed by atoms with Crippen molar-refractivity contribution in [3.8, 4) is 0 Å². The molecule has 1 fully saturated rings. The number of amides is 1. The summed E-state index contributed by atoms with van der Waals surface area (Å²) >= 11 is 1.64. The Kier molecular flexibility index (Phi) is 6.35. The lowest BCUT2D eigenvalue weighted by atomic mass is 9.98. The van der Waals surface area contributed by atoms with Crippen molar-refractivity contribution < 1.29 is 4.79 Å². The van der Waals surface area contributed by atoms with Gasteiger partial charge in [0.1, 0.15) is 0 Å². The van der Waals surface area contributed by atoms with E-state index in [0.29, 0.717) is 6.42 Å². The molecule has 2 N–H and O–H groups in total. The summed E-state index contributed by atoms with van der Waals surface area (Å²) in [6.45, 7) is 12.6. The van der Waals surface area contributed by atoms with Crippen molar-refractivity contribution in [1.82, 2.24) is 20.5 Å². The second-order valence-electron chi connectivity index (χ2n) is 6.87. The zero-order chi connectivity index (χ0) is 16.0. The van der Waals surface area contributed by atoms with Crippen molar-refractivity contribution in [1.29, 1.82) is 0 Å². The van der Waals surface area contributed by atoms with E-state index in [1.807, 2.05) is 5.38 Å². The van der Waals surface area contributed by atoms with Gasteiger partial charge in [-0.05, 0) is 13.0 Å². The summed E-state index contributed by atoms with van der Waals surface area (Å²) in [7, 11) is 0. The lowest BCUT2D eigenvalue weighted by Crippen LogP contribution is -2.44. The number of carbonyl (C=O) groups excluding carboxylic acids is 1. The van der Waals surface area contributed by atoms with Crippen LogP contribution in [0.1, 0.15) is 37.9 Å². The van der Waals surface area contributed by atoms with Crippen LogP contribution in [0.4, 0.5) is 0 Å². The van der Waals surface area contributed by atoms with Crippen molar-refractivity contribution in [2.45, 2.75) is 39.0 Å². The van der Waals surface area contributed by atoms with Gasteiger partial charge in [0.15, 0.2) is 0 Å². The molecule has 0 radical (unpaired) electrons. The predicted molar refractivity (Wildman–Crippen MR) is 91.5 cm³/mol. The van der Waals surface area contributed by atoms with Crippen LogP contribution in [-0.4, -0.2) is 55.1 Å². The van der Waals surface area contributed by atoms with Crippen LogP contribution in [0.2, 0.25) is 0 Å². The largest absolute Gasteiger partial charge is 0.356 e. The van der Waals surface area contributed by atoms with Gasteiger partial charge in [0.05, 0.1) is 17.1 Å². The molecule has 0 saturated carbocycles. The van der Waals surface area contributed by atoms with Crippen LogP contribution < -0.4 is 10.6 Å². The molecule has 2 heterocycles. The molecule has 22 heavy (non-hydrogen) atoms. The third kappa shape index (κ3) is 5.66. The van der Waals surface area contributed by atoms with Crippen LogP contribution >= 0.6 is 11.3 Å². The second kappa shape index (κ2) is 8.04. The lowest BCUT2D eigenvalue weighted by molar-refractivity contribution is -0.120. The molecule has 1 aliphatic rings. The number of hydrogen-bond donors (Lipinski definition) is 2. The molecule has 0 aliphatic carbocycles. The average molecular weight is 324 g/mol. The quantitative estimate of drug-likeness (QED) is 0.777. The minimum Gasteiger partial charge on any atom is -0.356 e. The third-order valence-corrected chi connectivity index (χ3v) is 5.03. The summed E-state index contributed by atoms with van der Waals surface area (Å²) in [5.41, 5.74) is 0.942. The SMILES string of the molecule is CC(C)(C)c1nc(CC(=O)NCCCN2CCNCC2)cs1. The highest BCUT2D eigenvalue weighted by molar-refractivity contribution is 7.09. The molecule has 1 aliphatic heterocycles. The zero-order valence-corrected chi connectivity index (χ0v) is 14.8. The molecule has 6 heteroatoms. The monoisotopic (exact) mass is 324 g/mol. The molecule has 1 amide bonds. The topological polar surface area (TPSA) is 57.3 Å². The molecule has 0 unspecified atom stereocenters. The first-order valence-electron chi connectivity index (χ1n) is 8.10. The van der Waals surface area contributed by atoms with E-state index in [1.165, 1.54) is 0 Å². The molecule has 1 saturated heterocycles. The summed E-state index contributed by atoms with van der Waals surface area (Å²) in [5, 5.41) is 9.44. The average Bonchev–Trinajstić information content (AvgIpc) is 2.93. The Bertz CT molecular complexity index is 475. The standard InChI is InChI=1S/C16H28N4OS/c1-16(2,3)15-19-13(12-22-15)11-14(21)18-5-4-8-20-9-6-17-7-10-20/h12,17H,4-11H2,1-3H3,(H,18,21). The Hall–Kier alpha value is -0.980. The van der Waals surface area contributed by atoms with Gasteiger partial charge >= 0.3 is 0 Å². The number of rotatable bonds is 6. The summed E-state index contributed by atoms with van der Waals surface area (Å²) in [6.07, 6.45) is 1.40. The maximum absolute atomic E-state index is 12.0. The molecule has 1 aromatic rings. The maximum Gasteiger partial charge on any atom is 0.226 e. The molecule has 2 rings (SSSR count). The van der Waals surface area contributed by atoms with Gasteiger partial charge in [-0.25, -0.2) is 4.98 Å². The van der Waals surface area contributed by atoms with Gasteiger partial charge < -0.3 is 15.5 Å². The highest BCUT2D eigenvalue weighted by Crippen LogP contribution is 2.25. The Morgan fingerprint density at radius 3 is 2.77 bits per heavy atom. The number of nitrogens with zero attached hydrogens (tertiary/aromatic N) is 2. The highest BCUT2D eigenvalue weighted by Gasteiger charge is 2.18. The molecule has 0 spiro atoms. The minimum absolute atomic E-state index is 0.0582. The van der Waals surface area contributed by atoms with Gasteiger partial charge in [0.25, 0.3) is 0 Å². The van der Waals surface area contributed by atoms with Crippen molar-refractivity contribution >= 4 is 17.2 Å². The lowest BCUT2D eigenvalue weighted by Gasteiger charge is -2.27. The first-order chi connectivity index (χ1) is 10.4. The van der Waals surface area contributed by atoms with Gasteiger partial charge in [-0.2, -0.15) is 0 Å². The van der Waals surface area contributed by atoms with Gasteiger partial charge in [-0.15, -0.1) is 11.3 Å². The van der Waals surface area contributed by atoms with Crippen molar-refractivity contribution in [2.24, 2.45) is 0 Å². The third-order valence-electron chi connectivity index (χ3n) is 3.72. The Labute approximate surface area is 137 Å². The van der Waals surface area contributed by atoms with Gasteiger partial charge in [0.2, 0.25) is 5.91 Å². The highest BCUT2D eigenvalue weighted by atomic mass is 32.1. The van der Waals surface area contributed by atoms with E-state index in [1.54, 1.807) is 11.3 Å². The molecule has 0 bridgehead atoms. The smallest absolute Gasteiger partial charge is 0.226 e. The molecule has 124 valence electrons. The second-order valence-corrected chi connectivity index (χ2v) is 7.72. The Balaban J connectivity index is 1.64. The molecule has 1 aromatic heterocycles. The van der Waals surface area contributed by atoms with Crippen molar-refractivity contribution in [3.05, 3.63) is 16.1 Å². The van der Waals surface area contributed by atoms with Crippen LogP contribution in [0.5, 0.6) is 0 Å². The molecular formula is C16H28N4OS. The molecule has 0 atom stereocenters. The number of nitrogens with one attached hydrogen (secondary N) is 2. The number of piperazine rings is 1. The summed E-state index contributed by atoms with van der Waals surface area (Å²) in [5.74, 6) is 0.0751. The van der Waals surface area contributed by atoms with E-state index in [4.69, 9.17) is 0 Å². The van der Waals surface area contributed by atoms with Gasteiger partial charge in [-0.1, -0.05) is 20.8 Å². The van der Waals surface area contributed by atoms with E-state index in [9.17, 15) is 4.79 Å². The van der Waals surface area contributed by atoms with E-state index in [2.05, 4.69) is 41.3 Å². The van der Waals surface area contributed by atoms with E-state index in [0.717, 1.165) is 56.4 Å². The van der Waals surface area contributed by atoms with Crippen LogP contribution in [0.25, 0.3) is 0 Å². The number of carbonyl (C=O) groups is 1. The maximum atomic E-state index is 12.0. The molecule has 5 nitrogen and oxygen atoms in total. The molecular weight excluding hydrogens is 296 g/mol. The van der Waals surface area contributed by atoms with E-state index < -0.39 is 0 Å². The van der Waals surface area contributed by atoms with E-state index in [-0.39, 0.29) is 11.3 Å². The summed E-state index contributed by atoms with van der Waals surface area (Å²) < 4.78 is 0. The summed E-state index contributed by atoms with van der Waals surface area (Å²) in [6, 6.07) is 0. The van der Waals surface area contributed by atoms with Crippen LogP contribution in [0.3, 0.4) is 0 Å². The normalized spacial score (nSPS) is 16.7. The van der Waals surface area contributed by atoms with Crippen molar-refractivity contribution in [2.75, 3.05) is 39.3 Å². The number of thiazole rings is 1. The number of hydrogen-bond acceptors (Lipinski definition) is 5. The van der Waals surface area contributed by atoms with Crippen molar-refractivity contribution in [3.63, 3.8) is 0 Å². The fourth-order valence-corrected chi connectivity index (χ4v) is 3.33. The first-order valence-corrected chi connectivity index (χ1v) is 8.98. The minimum atomic E-state index is 0.0582. The summed E-state index contributed by atoms with van der Waals surface area (Å²) in [4.78, 5) is 19.0. The molecule has 0 aromatic carbocycles. The Morgan fingerprint density at radius 1 is 1.41 bits per heavy atom. The van der Waals surface area contributed by atoms with Gasteiger partial charge in [0, 0.05) is 43.5 Å². The Morgan fingerprint density at radius 2 is 2.14 bits per heavy atom. The first kappa shape index (κ1) is 17.4. The van der Waals surface area contributed by atoms with Crippen LogP contribution in [0, 0.1) is 0 Å². The van der Waals surface area contributed by atoms with Crippen LogP contribution in [-0.2, 0) is 16.6 Å². The fraction of sp³-hybridized carbons (Fsp3) is 0.750. The zero-order valence-electron chi connectivity index (χ0n) is 13.9.